The first-order chi connectivity index (χ1) is 8.04. The number of anilines is 1. The minimum absolute atomic E-state index is 0.0942. The second-order valence-corrected chi connectivity index (χ2v) is 4.00. The predicted octanol–water partition coefficient (Wildman–Crippen LogP) is 2.95. The summed E-state index contributed by atoms with van der Waals surface area (Å²) in [6.07, 6.45) is 0.113. The molecule has 1 rings (SSSR count). The standard InChI is InChI=1S/C12H18N2O3/c1-4-13-11-6-5-10(8-17-9(2)3)7-12(11)14(15)16/h5-7,9,13H,4,8H2,1-3H3. The maximum Gasteiger partial charge on any atom is 0.292 e. The highest BCUT2D eigenvalue weighted by Gasteiger charge is 2.13. The van der Waals surface area contributed by atoms with Gasteiger partial charge in [-0.05, 0) is 32.4 Å². The fraction of sp³-hybridized carbons (Fsp3) is 0.500. The average Bonchev–Trinajstić information content (AvgIpc) is 2.27. The topological polar surface area (TPSA) is 64.4 Å². The van der Waals surface area contributed by atoms with Crippen LogP contribution in [0, 0.1) is 10.1 Å². The summed E-state index contributed by atoms with van der Waals surface area (Å²) in [6.45, 7) is 6.82. The molecule has 0 radical (unpaired) electrons. The molecule has 0 aliphatic heterocycles. The highest BCUT2D eigenvalue weighted by atomic mass is 16.6. The van der Waals surface area contributed by atoms with Gasteiger partial charge >= 0.3 is 0 Å². The number of ether oxygens (including phenoxy) is 1. The molecule has 1 N–H and O–H groups in total. The Morgan fingerprint density at radius 2 is 2.18 bits per heavy atom. The maximum absolute atomic E-state index is 10.9. The lowest BCUT2D eigenvalue weighted by Gasteiger charge is -2.09. The first kappa shape index (κ1) is 13.4. The Morgan fingerprint density at radius 1 is 1.47 bits per heavy atom. The zero-order valence-corrected chi connectivity index (χ0v) is 10.4. The zero-order valence-electron chi connectivity index (χ0n) is 10.4. The summed E-state index contributed by atoms with van der Waals surface area (Å²) in [4.78, 5) is 10.5. The van der Waals surface area contributed by atoms with Gasteiger partial charge in [-0.3, -0.25) is 10.1 Å². The van der Waals surface area contributed by atoms with Crippen LogP contribution in [0.4, 0.5) is 11.4 Å². The van der Waals surface area contributed by atoms with Crippen molar-refractivity contribution in [3.05, 3.63) is 33.9 Å². The Labute approximate surface area is 101 Å². The number of nitrogens with zero attached hydrogens (tertiary/aromatic N) is 1. The van der Waals surface area contributed by atoms with Crippen LogP contribution in [0.3, 0.4) is 0 Å². The van der Waals surface area contributed by atoms with Crippen LogP contribution in [0.1, 0.15) is 26.3 Å². The van der Waals surface area contributed by atoms with Crippen LogP contribution < -0.4 is 5.32 Å². The van der Waals surface area contributed by atoms with Gasteiger partial charge in [0.25, 0.3) is 5.69 Å². The molecule has 0 saturated carbocycles. The van der Waals surface area contributed by atoms with Gasteiger partial charge in [0.05, 0.1) is 17.6 Å². The Balaban J connectivity index is 2.89. The molecule has 1 aromatic rings. The van der Waals surface area contributed by atoms with Crippen LogP contribution in [0.25, 0.3) is 0 Å². The molecule has 1 aromatic carbocycles. The maximum atomic E-state index is 10.9. The number of nitro groups is 1. The van der Waals surface area contributed by atoms with Crippen molar-refractivity contribution in [2.45, 2.75) is 33.5 Å². The van der Waals surface area contributed by atoms with Crippen molar-refractivity contribution in [1.29, 1.82) is 0 Å². The van der Waals surface area contributed by atoms with Crippen LogP contribution in [0.15, 0.2) is 18.2 Å². The van der Waals surface area contributed by atoms with Crippen LogP contribution in [-0.4, -0.2) is 17.6 Å². The van der Waals surface area contributed by atoms with Crippen LogP contribution in [0.2, 0.25) is 0 Å². The lowest BCUT2D eigenvalue weighted by molar-refractivity contribution is -0.384. The molecule has 0 heterocycles. The third kappa shape index (κ3) is 4.03. The fourth-order valence-corrected chi connectivity index (χ4v) is 1.42. The number of nitrogens with one attached hydrogen (secondary N) is 1. The zero-order chi connectivity index (χ0) is 12.8. The smallest absolute Gasteiger partial charge is 0.292 e. The van der Waals surface area contributed by atoms with E-state index in [2.05, 4.69) is 5.32 Å². The Kier molecular flexibility index (Phi) is 4.90. The van der Waals surface area contributed by atoms with Gasteiger partial charge in [-0.2, -0.15) is 0 Å². The summed E-state index contributed by atoms with van der Waals surface area (Å²) >= 11 is 0. The summed E-state index contributed by atoms with van der Waals surface area (Å²) in [5, 5.41) is 13.9. The van der Waals surface area contributed by atoms with Crippen molar-refractivity contribution >= 4 is 11.4 Å². The van der Waals surface area contributed by atoms with Crippen molar-refractivity contribution in [2.75, 3.05) is 11.9 Å². The van der Waals surface area contributed by atoms with Crippen molar-refractivity contribution in [3.63, 3.8) is 0 Å². The second-order valence-electron chi connectivity index (χ2n) is 4.00. The first-order valence-corrected chi connectivity index (χ1v) is 5.67. The van der Waals surface area contributed by atoms with Gasteiger partial charge in [-0.25, -0.2) is 0 Å². The van der Waals surface area contributed by atoms with E-state index in [1.807, 2.05) is 26.8 Å². The summed E-state index contributed by atoms with van der Waals surface area (Å²) in [7, 11) is 0. The highest BCUT2D eigenvalue weighted by Crippen LogP contribution is 2.25. The number of nitro benzene ring substituents is 1. The van der Waals surface area contributed by atoms with E-state index < -0.39 is 0 Å². The molecule has 5 nitrogen and oxygen atoms in total. The molecule has 0 spiro atoms. The summed E-state index contributed by atoms with van der Waals surface area (Å²) in [5.74, 6) is 0. The van der Waals surface area contributed by atoms with Crippen LogP contribution in [0.5, 0.6) is 0 Å². The molecule has 0 unspecified atom stereocenters. The monoisotopic (exact) mass is 238 g/mol. The molecule has 0 fully saturated rings. The molecule has 0 amide bonds. The molecule has 0 atom stereocenters. The largest absolute Gasteiger partial charge is 0.380 e. The molecule has 17 heavy (non-hydrogen) atoms. The summed E-state index contributed by atoms with van der Waals surface area (Å²) < 4.78 is 5.42. The van der Waals surface area contributed by atoms with Gasteiger partial charge in [-0.15, -0.1) is 0 Å². The number of rotatable bonds is 6. The van der Waals surface area contributed by atoms with Crippen molar-refractivity contribution < 1.29 is 9.66 Å². The van der Waals surface area contributed by atoms with Gasteiger partial charge < -0.3 is 10.1 Å². The molecular weight excluding hydrogens is 220 g/mol. The molecule has 0 aliphatic rings. The minimum atomic E-state index is -0.378. The molecule has 0 bridgehead atoms. The molecule has 0 aromatic heterocycles. The molecule has 5 heteroatoms. The number of hydrogen-bond acceptors (Lipinski definition) is 4. The third-order valence-electron chi connectivity index (χ3n) is 2.21. The molecule has 0 saturated heterocycles. The number of hydrogen-bond donors (Lipinski definition) is 1. The average molecular weight is 238 g/mol. The van der Waals surface area contributed by atoms with Gasteiger partial charge in [-0.1, -0.05) is 6.07 Å². The van der Waals surface area contributed by atoms with Gasteiger partial charge in [0, 0.05) is 12.6 Å². The third-order valence-corrected chi connectivity index (χ3v) is 2.21. The van der Waals surface area contributed by atoms with E-state index >= 15 is 0 Å². The minimum Gasteiger partial charge on any atom is -0.380 e. The highest BCUT2D eigenvalue weighted by molar-refractivity contribution is 5.62. The summed E-state index contributed by atoms with van der Waals surface area (Å²) in [6, 6.07) is 5.12. The molecule has 0 aliphatic carbocycles. The van der Waals surface area contributed by atoms with Crippen LogP contribution in [-0.2, 0) is 11.3 Å². The normalized spacial score (nSPS) is 10.6. The summed E-state index contributed by atoms with van der Waals surface area (Å²) in [5.41, 5.74) is 1.45. The quantitative estimate of drug-likeness (QED) is 0.611. The Bertz CT molecular complexity index is 391. The lowest BCUT2D eigenvalue weighted by Crippen LogP contribution is -2.04. The van der Waals surface area contributed by atoms with Crippen molar-refractivity contribution in [3.8, 4) is 0 Å². The molecular formula is C12H18N2O3. The second kappa shape index (κ2) is 6.20. The van der Waals surface area contributed by atoms with E-state index in [1.54, 1.807) is 12.1 Å². The van der Waals surface area contributed by atoms with Gasteiger partial charge in [0.15, 0.2) is 0 Å². The fourth-order valence-electron chi connectivity index (χ4n) is 1.42. The van der Waals surface area contributed by atoms with E-state index in [-0.39, 0.29) is 16.7 Å². The van der Waals surface area contributed by atoms with E-state index in [0.717, 1.165) is 5.56 Å². The van der Waals surface area contributed by atoms with E-state index in [4.69, 9.17) is 4.74 Å². The Hall–Kier alpha value is -1.62. The number of benzene rings is 1. The van der Waals surface area contributed by atoms with Gasteiger partial charge in [0.2, 0.25) is 0 Å². The van der Waals surface area contributed by atoms with Crippen molar-refractivity contribution in [2.24, 2.45) is 0 Å². The first-order valence-electron chi connectivity index (χ1n) is 5.67. The van der Waals surface area contributed by atoms with Gasteiger partial charge in [0.1, 0.15) is 5.69 Å². The van der Waals surface area contributed by atoms with E-state index in [1.165, 1.54) is 0 Å². The molecule has 94 valence electrons. The van der Waals surface area contributed by atoms with E-state index in [0.29, 0.717) is 18.8 Å². The Morgan fingerprint density at radius 3 is 2.71 bits per heavy atom. The van der Waals surface area contributed by atoms with Crippen LogP contribution >= 0.6 is 0 Å². The predicted molar refractivity (Wildman–Crippen MR) is 67.2 cm³/mol. The van der Waals surface area contributed by atoms with Crippen molar-refractivity contribution in [1.82, 2.24) is 0 Å². The van der Waals surface area contributed by atoms with E-state index in [9.17, 15) is 10.1 Å². The SMILES string of the molecule is CCNc1ccc(COC(C)C)cc1[N+](=O)[O-]. The lowest BCUT2D eigenvalue weighted by atomic mass is 10.2.